The maximum absolute atomic E-state index is 14.2. The van der Waals surface area contributed by atoms with Crippen LogP contribution in [-0.2, 0) is 11.3 Å². The topological polar surface area (TPSA) is 48.0 Å². The summed E-state index contributed by atoms with van der Waals surface area (Å²) in [4.78, 5) is 20.1. The summed E-state index contributed by atoms with van der Waals surface area (Å²) in [5.41, 5.74) is 3.60. The monoisotopic (exact) mass is 482 g/mol. The Morgan fingerprint density at radius 1 is 1.03 bits per heavy atom. The molecule has 0 aliphatic carbocycles. The van der Waals surface area contributed by atoms with Crippen molar-refractivity contribution in [1.82, 2.24) is 15.1 Å². The van der Waals surface area contributed by atoms with Crippen LogP contribution in [0.15, 0.2) is 42.5 Å². The first-order valence-corrected chi connectivity index (χ1v) is 12.9. The Labute approximate surface area is 209 Å². The molecule has 0 bridgehead atoms. The van der Waals surface area contributed by atoms with Gasteiger partial charge in [-0.3, -0.25) is 9.69 Å². The highest BCUT2D eigenvalue weighted by Gasteiger charge is 2.23. The van der Waals surface area contributed by atoms with Crippen molar-refractivity contribution in [2.75, 3.05) is 50.7 Å². The molecule has 7 heteroatoms. The van der Waals surface area contributed by atoms with Gasteiger partial charge in [0.05, 0.1) is 18.2 Å². The lowest BCUT2D eigenvalue weighted by Crippen LogP contribution is -2.46. The number of carbonyl (C=O) groups is 1. The molecule has 2 aliphatic heterocycles. The van der Waals surface area contributed by atoms with E-state index in [1.807, 2.05) is 37.3 Å². The summed E-state index contributed by atoms with van der Waals surface area (Å²) in [5, 5.41) is 3.08. The number of halogens is 1. The first-order valence-electron chi connectivity index (χ1n) is 12.9. The maximum Gasteiger partial charge on any atom is 0.251 e. The van der Waals surface area contributed by atoms with Crippen LogP contribution in [0.5, 0.6) is 0 Å². The summed E-state index contributed by atoms with van der Waals surface area (Å²) in [7, 11) is 0. The summed E-state index contributed by atoms with van der Waals surface area (Å²) in [6.07, 6.45) is 0.460. The van der Waals surface area contributed by atoms with Gasteiger partial charge in [0.25, 0.3) is 5.91 Å². The van der Waals surface area contributed by atoms with Crippen molar-refractivity contribution in [3.8, 4) is 0 Å². The van der Waals surface area contributed by atoms with E-state index in [0.29, 0.717) is 5.56 Å². The molecule has 1 amide bonds. The summed E-state index contributed by atoms with van der Waals surface area (Å²) in [5.74, 6) is -0.433. The molecule has 35 heavy (non-hydrogen) atoms. The minimum absolute atomic E-state index is 0.149. The fourth-order valence-corrected chi connectivity index (χ4v) is 5.26. The standard InChI is InChI=1S/C28H39FN4O2/c1-5-31-12-14-33(15-13-31)27-11-10-25(29)16-26(27)22(4)30-28(34)24-8-6-23(7-9-24)19-32-17-20(2)35-21(3)18-32/h6-11,16,20-22H,5,12-15,17-19H2,1-4H3,(H,30,34). The number of carbonyl (C=O) groups excluding carboxylic acids is 1. The highest BCUT2D eigenvalue weighted by Crippen LogP contribution is 2.29. The number of ether oxygens (including phenoxy) is 1. The first-order chi connectivity index (χ1) is 16.8. The molecular formula is C28H39FN4O2. The molecule has 4 rings (SSSR count). The van der Waals surface area contributed by atoms with Crippen LogP contribution in [0, 0.1) is 5.82 Å². The Hall–Kier alpha value is -2.48. The van der Waals surface area contributed by atoms with Crippen molar-refractivity contribution in [3.05, 3.63) is 65.0 Å². The van der Waals surface area contributed by atoms with Crippen molar-refractivity contribution >= 4 is 11.6 Å². The lowest BCUT2D eigenvalue weighted by Gasteiger charge is -2.37. The fourth-order valence-electron chi connectivity index (χ4n) is 5.26. The molecule has 2 aromatic carbocycles. The Kier molecular flexibility index (Phi) is 8.42. The largest absolute Gasteiger partial charge is 0.373 e. The van der Waals surface area contributed by atoms with Crippen LogP contribution < -0.4 is 10.2 Å². The third-order valence-corrected chi connectivity index (χ3v) is 7.08. The first kappa shape index (κ1) is 25.6. The lowest BCUT2D eigenvalue weighted by molar-refractivity contribution is -0.0704. The Morgan fingerprint density at radius 2 is 1.69 bits per heavy atom. The third kappa shape index (κ3) is 6.60. The lowest BCUT2D eigenvalue weighted by atomic mass is 10.0. The summed E-state index contributed by atoms with van der Waals surface area (Å²) in [6.45, 7) is 15.8. The number of likely N-dealkylation sites (N-methyl/N-ethyl adjacent to an activating group) is 1. The van der Waals surface area contributed by atoms with Crippen LogP contribution >= 0.6 is 0 Å². The number of amides is 1. The third-order valence-electron chi connectivity index (χ3n) is 7.08. The molecule has 2 fully saturated rings. The molecule has 2 saturated heterocycles. The summed E-state index contributed by atoms with van der Waals surface area (Å²) < 4.78 is 20.0. The van der Waals surface area contributed by atoms with Crippen LogP contribution in [0.4, 0.5) is 10.1 Å². The van der Waals surface area contributed by atoms with Gasteiger partial charge in [-0.15, -0.1) is 0 Å². The fraction of sp³-hybridized carbons (Fsp3) is 0.536. The van der Waals surface area contributed by atoms with Crippen molar-refractivity contribution in [2.24, 2.45) is 0 Å². The zero-order valence-electron chi connectivity index (χ0n) is 21.5. The van der Waals surface area contributed by atoms with E-state index in [4.69, 9.17) is 4.74 Å². The van der Waals surface area contributed by atoms with Gasteiger partial charge >= 0.3 is 0 Å². The van der Waals surface area contributed by atoms with Crippen LogP contribution in [0.25, 0.3) is 0 Å². The molecule has 1 N–H and O–H groups in total. The number of benzene rings is 2. The van der Waals surface area contributed by atoms with E-state index in [1.54, 1.807) is 6.07 Å². The van der Waals surface area contributed by atoms with E-state index in [0.717, 1.165) is 63.6 Å². The van der Waals surface area contributed by atoms with Gasteiger partial charge in [-0.25, -0.2) is 4.39 Å². The van der Waals surface area contributed by atoms with Crippen LogP contribution in [0.2, 0.25) is 0 Å². The number of anilines is 1. The van der Waals surface area contributed by atoms with E-state index in [1.165, 1.54) is 11.6 Å². The molecule has 6 nitrogen and oxygen atoms in total. The molecule has 0 aromatic heterocycles. The van der Waals surface area contributed by atoms with Crippen molar-refractivity contribution < 1.29 is 13.9 Å². The maximum atomic E-state index is 14.2. The van der Waals surface area contributed by atoms with Crippen LogP contribution in [-0.4, -0.2) is 73.7 Å². The molecule has 0 saturated carbocycles. The quantitative estimate of drug-likeness (QED) is 0.645. The average molecular weight is 483 g/mol. The number of morpholine rings is 1. The smallest absolute Gasteiger partial charge is 0.251 e. The van der Waals surface area contributed by atoms with Gasteiger partial charge in [0, 0.05) is 62.6 Å². The Morgan fingerprint density at radius 3 is 2.31 bits per heavy atom. The number of hydrogen-bond donors (Lipinski definition) is 1. The summed E-state index contributed by atoms with van der Waals surface area (Å²) >= 11 is 0. The van der Waals surface area contributed by atoms with Gasteiger partial charge in [0.1, 0.15) is 5.82 Å². The molecule has 3 unspecified atom stereocenters. The van der Waals surface area contributed by atoms with E-state index >= 15 is 0 Å². The zero-order chi connectivity index (χ0) is 24.9. The van der Waals surface area contributed by atoms with Gasteiger partial charge < -0.3 is 19.9 Å². The predicted molar refractivity (Wildman–Crippen MR) is 138 cm³/mol. The molecule has 2 heterocycles. The Bertz CT molecular complexity index is 981. The number of piperazine rings is 1. The minimum atomic E-state index is -0.312. The summed E-state index contributed by atoms with van der Waals surface area (Å²) in [6, 6.07) is 12.4. The van der Waals surface area contributed by atoms with E-state index < -0.39 is 0 Å². The van der Waals surface area contributed by atoms with Gasteiger partial charge in [0.15, 0.2) is 0 Å². The number of rotatable bonds is 7. The van der Waals surface area contributed by atoms with E-state index in [-0.39, 0.29) is 30.0 Å². The van der Waals surface area contributed by atoms with Crippen LogP contribution in [0.3, 0.4) is 0 Å². The van der Waals surface area contributed by atoms with Gasteiger partial charge in [-0.1, -0.05) is 19.1 Å². The average Bonchev–Trinajstić information content (AvgIpc) is 2.84. The van der Waals surface area contributed by atoms with Gasteiger partial charge in [-0.2, -0.15) is 0 Å². The molecule has 2 aliphatic rings. The van der Waals surface area contributed by atoms with Gasteiger partial charge in [0.2, 0.25) is 0 Å². The van der Waals surface area contributed by atoms with Crippen molar-refractivity contribution in [2.45, 2.75) is 52.5 Å². The highest BCUT2D eigenvalue weighted by atomic mass is 19.1. The molecule has 0 spiro atoms. The SMILES string of the molecule is CCN1CCN(c2ccc(F)cc2C(C)NC(=O)c2ccc(CN3CC(C)OC(C)C3)cc2)CC1. The van der Waals surface area contributed by atoms with E-state index in [2.05, 4.69) is 40.8 Å². The Balaban J connectivity index is 1.40. The second-order valence-corrected chi connectivity index (χ2v) is 9.97. The molecule has 0 radical (unpaired) electrons. The second-order valence-electron chi connectivity index (χ2n) is 9.97. The molecular weight excluding hydrogens is 443 g/mol. The van der Waals surface area contributed by atoms with Crippen molar-refractivity contribution in [3.63, 3.8) is 0 Å². The van der Waals surface area contributed by atoms with E-state index in [9.17, 15) is 9.18 Å². The molecule has 3 atom stereocenters. The van der Waals surface area contributed by atoms with Gasteiger partial charge in [-0.05, 0) is 63.2 Å². The number of nitrogens with zero attached hydrogens (tertiary/aromatic N) is 3. The minimum Gasteiger partial charge on any atom is -0.373 e. The second kappa shape index (κ2) is 11.5. The number of hydrogen-bond acceptors (Lipinski definition) is 5. The zero-order valence-corrected chi connectivity index (χ0v) is 21.5. The van der Waals surface area contributed by atoms with Crippen LogP contribution in [0.1, 0.15) is 55.2 Å². The molecule has 190 valence electrons. The molecule has 2 aromatic rings. The normalized spacial score (nSPS) is 22.7. The highest BCUT2D eigenvalue weighted by molar-refractivity contribution is 5.94. The number of nitrogens with one attached hydrogen (secondary N) is 1. The predicted octanol–water partition coefficient (Wildman–Crippen LogP) is 4.07. The van der Waals surface area contributed by atoms with Crippen molar-refractivity contribution in [1.29, 1.82) is 0 Å².